The molecule has 142 valence electrons. The highest BCUT2D eigenvalue weighted by molar-refractivity contribution is 5.90. The standard InChI is InChI=1S/C24H22O4/c1-2-21(27-23(25)19-14-8-4-9-15-19)22(18-12-6-3-7-13-18)28-24(26)20-16-10-5-11-17-20/h3-17,21-22H,2H2,1H3. The summed E-state index contributed by atoms with van der Waals surface area (Å²) in [4.78, 5) is 25.2. The van der Waals surface area contributed by atoms with Crippen LogP contribution >= 0.6 is 0 Å². The molecule has 0 aliphatic heterocycles. The molecule has 0 bridgehead atoms. The highest BCUT2D eigenvalue weighted by Gasteiger charge is 2.29. The molecule has 4 heteroatoms. The second-order valence-electron chi connectivity index (χ2n) is 6.32. The average Bonchev–Trinajstić information content (AvgIpc) is 2.77. The molecule has 0 amide bonds. The average molecular weight is 374 g/mol. The monoisotopic (exact) mass is 374 g/mol. The van der Waals surface area contributed by atoms with E-state index in [4.69, 9.17) is 9.47 Å². The zero-order chi connectivity index (χ0) is 19.8. The van der Waals surface area contributed by atoms with Crippen molar-refractivity contribution in [2.24, 2.45) is 0 Å². The zero-order valence-electron chi connectivity index (χ0n) is 15.7. The van der Waals surface area contributed by atoms with E-state index < -0.39 is 24.1 Å². The molecule has 0 aliphatic carbocycles. The van der Waals surface area contributed by atoms with Crippen LogP contribution in [0.3, 0.4) is 0 Å². The minimum absolute atomic E-state index is 0.441. The third-order valence-electron chi connectivity index (χ3n) is 4.38. The molecule has 2 atom stereocenters. The van der Waals surface area contributed by atoms with Crippen molar-refractivity contribution in [3.8, 4) is 0 Å². The Kier molecular flexibility index (Phi) is 6.58. The minimum atomic E-state index is -0.702. The van der Waals surface area contributed by atoms with E-state index >= 15 is 0 Å². The molecule has 0 heterocycles. The Bertz CT molecular complexity index is 892. The molecular formula is C24H22O4. The minimum Gasteiger partial charge on any atom is -0.454 e. The summed E-state index contributed by atoms with van der Waals surface area (Å²) < 4.78 is 11.5. The van der Waals surface area contributed by atoms with Gasteiger partial charge in [0.25, 0.3) is 0 Å². The van der Waals surface area contributed by atoms with Crippen molar-refractivity contribution in [1.29, 1.82) is 0 Å². The van der Waals surface area contributed by atoms with Gasteiger partial charge in [0.2, 0.25) is 0 Å². The Labute approximate surface area is 164 Å². The first-order valence-corrected chi connectivity index (χ1v) is 9.26. The number of carbonyl (C=O) groups is 2. The first kappa shape index (κ1) is 19.4. The zero-order valence-corrected chi connectivity index (χ0v) is 15.7. The van der Waals surface area contributed by atoms with Crippen LogP contribution in [0, 0.1) is 0 Å². The molecule has 28 heavy (non-hydrogen) atoms. The van der Waals surface area contributed by atoms with E-state index in [2.05, 4.69) is 0 Å². The van der Waals surface area contributed by atoms with Crippen LogP contribution < -0.4 is 0 Å². The van der Waals surface area contributed by atoms with Crippen molar-refractivity contribution in [3.05, 3.63) is 108 Å². The molecule has 3 rings (SSSR count). The summed E-state index contributed by atoms with van der Waals surface area (Å²) in [5, 5.41) is 0. The predicted octanol–water partition coefficient (Wildman–Crippen LogP) is 5.22. The largest absolute Gasteiger partial charge is 0.454 e. The fourth-order valence-corrected chi connectivity index (χ4v) is 2.90. The number of rotatable bonds is 7. The lowest BCUT2D eigenvalue weighted by Crippen LogP contribution is -2.29. The van der Waals surface area contributed by atoms with Gasteiger partial charge in [0.1, 0.15) is 6.10 Å². The van der Waals surface area contributed by atoms with Crippen molar-refractivity contribution >= 4 is 11.9 Å². The third kappa shape index (κ3) is 4.86. The fraction of sp³-hybridized carbons (Fsp3) is 0.167. The number of hydrogen-bond donors (Lipinski definition) is 0. The summed E-state index contributed by atoms with van der Waals surface area (Å²) >= 11 is 0. The second kappa shape index (κ2) is 9.51. The first-order valence-electron chi connectivity index (χ1n) is 9.26. The maximum Gasteiger partial charge on any atom is 0.338 e. The first-order chi connectivity index (χ1) is 13.7. The summed E-state index contributed by atoms with van der Waals surface area (Å²) in [6.07, 6.45) is -0.811. The van der Waals surface area contributed by atoms with Crippen LogP contribution in [0.5, 0.6) is 0 Å². The number of hydrogen-bond acceptors (Lipinski definition) is 4. The number of ether oxygens (including phenoxy) is 2. The van der Waals surface area contributed by atoms with Crippen molar-refractivity contribution < 1.29 is 19.1 Å². The molecule has 0 aliphatic rings. The molecule has 0 spiro atoms. The van der Waals surface area contributed by atoms with Crippen molar-refractivity contribution in [3.63, 3.8) is 0 Å². The van der Waals surface area contributed by atoms with Gasteiger partial charge in [-0.25, -0.2) is 9.59 Å². The molecular weight excluding hydrogens is 352 g/mol. The van der Waals surface area contributed by atoms with Gasteiger partial charge < -0.3 is 9.47 Å². The quantitative estimate of drug-likeness (QED) is 0.532. The summed E-state index contributed by atoms with van der Waals surface area (Å²) in [6, 6.07) is 26.9. The molecule has 0 fully saturated rings. The maximum atomic E-state index is 12.6. The van der Waals surface area contributed by atoms with Gasteiger partial charge in [0, 0.05) is 0 Å². The van der Waals surface area contributed by atoms with E-state index in [0.29, 0.717) is 17.5 Å². The Hall–Kier alpha value is -3.40. The van der Waals surface area contributed by atoms with Gasteiger partial charge in [-0.2, -0.15) is 0 Å². The van der Waals surface area contributed by atoms with E-state index in [1.807, 2.05) is 49.4 Å². The Morgan fingerprint density at radius 2 is 1.11 bits per heavy atom. The van der Waals surface area contributed by atoms with Crippen LogP contribution in [0.4, 0.5) is 0 Å². The van der Waals surface area contributed by atoms with E-state index in [9.17, 15) is 9.59 Å². The summed E-state index contributed by atoms with van der Waals surface area (Å²) in [7, 11) is 0. The van der Waals surface area contributed by atoms with Gasteiger partial charge in [0.15, 0.2) is 6.10 Å². The molecule has 3 aromatic rings. The number of benzene rings is 3. The van der Waals surface area contributed by atoms with E-state index in [0.717, 1.165) is 5.56 Å². The van der Waals surface area contributed by atoms with Gasteiger partial charge in [-0.1, -0.05) is 73.7 Å². The normalized spacial score (nSPS) is 12.6. The van der Waals surface area contributed by atoms with Crippen molar-refractivity contribution in [2.75, 3.05) is 0 Å². The maximum absolute atomic E-state index is 12.6. The molecule has 2 unspecified atom stereocenters. The van der Waals surface area contributed by atoms with E-state index in [1.165, 1.54) is 0 Å². The Morgan fingerprint density at radius 3 is 1.57 bits per heavy atom. The molecule has 4 nitrogen and oxygen atoms in total. The molecule has 0 saturated carbocycles. The van der Waals surface area contributed by atoms with Crippen LogP contribution in [0.25, 0.3) is 0 Å². The fourth-order valence-electron chi connectivity index (χ4n) is 2.90. The molecule has 3 aromatic carbocycles. The number of carbonyl (C=O) groups excluding carboxylic acids is 2. The topological polar surface area (TPSA) is 52.6 Å². The van der Waals surface area contributed by atoms with Crippen molar-refractivity contribution in [1.82, 2.24) is 0 Å². The van der Waals surface area contributed by atoms with Crippen molar-refractivity contribution in [2.45, 2.75) is 25.6 Å². The molecule has 0 aromatic heterocycles. The SMILES string of the molecule is CCC(OC(=O)c1ccccc1)C(OC(=O)c1ccccc1)c1ccccc1. The highest BCUT2D eigenvalue weighted by Crippen LogP contribution is 2.28. The lowest BCUT2D eigenvalue weighted by atomic mass is 10.0. The molecule has 0 radical (unpaired) electrons. The van der Waals surface area contributed by atoms with Gasteiger partial charge in [-0.05, 0) is 36.2 Å². The van der Waals surface area contributed by atoms with Crippen LogP contribution in [0.1, 0.15) is 45.7 Å². The van der Waals surface area contributed by atoms with Gasteiger partial charge in [-0.3, -0.25) is 0 Å². The Balaban J connectivity index is 1.84. The van der Waals surface area contributed by atoms with Crippen LogP contribution in [-0.2, 0) is 9.47 Å². The molecule has 0 N–H and O–H groups in total. The predicted molar refractivity (Wildman–Crippen MR) is 107 cm³/mol. The van der Waals surface area contributed by atoms with Crippen LogP contribution in [-0.4, -0.2) is 18.0 Å². The summed E-state index contributed by atoms with van der Waals surface area (Å²) in [5.41, 5.74) is 1.69. The van der Waals surface area contributed by atoms with Gasteiger partial charge in [-0.15, -0.1) is 0 Å². The van der Waals surface area contributed by atoms with Gasteiger partial charge in [0.05, 0.1) is 11.1 Å². The Morgan fingerprint density at radius 1 is 0.679 bits per heavy atom. The van der Waals surface area contributed by atoms with E-state index in [1.54, 1.807) is 48.5 Å². The summed E-state index contributed by atoms with van der Waals surface area (Å²) in [5.74, 6) is -0.896. The highest BCUT2D eigenvalue weighted by atomic mass is 16.6. The summed E-state index contributed by atoms with van der Waals surface area (Å²) in [6.45, 7) is 1.90. The number of esters is 2. The second-order valence-corrected chi connectivity index (χ2v) is 6.32. The van der Waals surface area contributed by atoms with Crippen LogP contribution in [0.2, 0.25) is 0 Å². The lowest BCUT2D eigenvalue weighted by Gasteiger charge is -2.26. The smallest absolute Gasteiger partial charge is 0.338 e. The third-order valence-corrected chi connectivity index (χ3v) is 4.38. The molecule has 0 saturated heterocycles. The lowest BCUT2D eigenvalue weighted by molar-refractivity contribution is -0.0384. The van der Waals surface area contributed by atoms with Crippen LogP contribution in [0.15, 0.2) is 91.0 Å². The van der Waals surface area contributed by atoms with Gasteiger partial charge >= 0.3 is 11.9 Å². The van der Waals surface area contributed by atoms with E-state index in [-0.39, 0.29) is 0 Å².